The highest BCUT2D eigenvalue weighted by Gasteiger charge is 2.26. The molecule has 0 amide bonds. The van der Waals surface area contributed by atoms with E-state index in [0.717, 1.165) is 70.6 Å². The summed E-state index contributed by atoms with van der Waals surface area (Å²) in [7, 11) is -4.54. The lowest BCUT2D eigenvalue weighted by Gasteiger charge is -2.20. The van der Waals surface area contributed by atoms with Crippen molar-refractivity contribution in [3.63, 3.8) is 0 Å². The summed E-state index contributed by atoms with van der Waals surface area (Å²) in [5.74, 6) is -0.439. The van der Waals surface area contributed by atoms with E-state index in [-0.39, 0.29) is 13.0 Å². The van der Waals surface area contributed by atoms with Crippen LogP contribution in [0.4, 0.5) is 0 Å². The summed E-state index contributed by atoms with van der Waals surface area (Å²) >= 11 is 0. The van der Waals surface area contributed by atoms with E-state index >= 15 is 0 Å². The molecule has 0 aliphatic rings. The van der Waals surface area contributed by atoms with Gasteiger partial charge in [-0.15, -0.1) is 0 Å². The molecule has 0 aromatic heterocycles. The Morgan fingerprint density at radius 1 is 0.508 bits per heavy atom. The van der Waals surface area contributed by atoms with Crippen molar-refractivity contribution in [3.05, 3.63) is 85.1 Å². The third kappa shape index (κ3) is 48.9. The minimum absolute atomic E-state index is 0.0237. The highest BCUT2D eigenvalue weighted by Crippen LogP contribution is 2.43. The van der Waals surface area contributed by atoms with E-state index in [9.17, 15) is 19.4 Å². The van der Waals surface area contributed by atoms with Gasteiger partial charge in [-0.3, -0.25) is 13.8 Å². The van der Waals surface area contributed by atoms with Crippen molar-refractivity contribution in [2.45, 2.75) is 212 Å². The molecule has 3 N–H and O–H groups in total. The fraction of sp³-hybridized carbons (Fsp3) is 0.717. The van der Waals surface area contributed by atoms with Gasteiger partial charge in [-0.25, -0.2) is 4.57 Å². The molecule has 0 aliphatic carbocycles. The number of phosphoric ester groups is 1. The predicted molar refractivity (Wildman–Crippen MR) is 265 cm³/mol. The number of allylic oxidation sites excluding steroid dienone is 14. The molecule has 0 aromatic carbocycles. The number of carbonyl (C=O) groups excluding carboxylic acids is 1. The molecular formula is C53H93O9P. The van der Waals surface area contributed by atoms with Crippen LogP contribution in [-0.2, 0) is 27.9 Å². The number of rotatable bonds is 47. The molecule has 3 unspecified atom stereocenters. The molecule has 0 radical (unpaired) electrons. The first kappa shape index (κ1) is 60.6. The topological polar surface area (TPSA) is 132 Å². The SMILES string of the molecule is CC/C=C\C/C=C\C/C=C\C/C=C\C/C=C\C/C=C\C/C=C\CCCC(=O)OC(COCCCCCCCCCCCCCCCCCCCCC)COP(=O)(O)OCC(O)CO. The number of hydrogen-bond donors (Lipinski definition) is 3. The molecule has 0 spiro atoms. The summed E-state index contributed by atoms with van der Waals surface area (Å²) < 4.78 is 33.4. The van der Waals surface area contributed by atoms with Gasteiger partial charge < -0.3 is 24.6 Å². The zero-order valence-electron chi connectivity index (χ0n) is 40.0. The van der Waals surface area contributed by atoms with Crippen LogP contribution in [0.3, 0.4) is 0 Å². The summed E-state index contributed by atoms with van der Waals surface area (Å²) in [6.07, 6.45) is 61.3. The Labute approximate surface area is 385 Å². The lowest BCUT2D eigenvalue weighted by Crippen LogP contribution is -2.29. The quantitative estimate of drug-likeness (QED) is 0.0236. The number of phosphoric acid groups is 1. The molecule has 9 nitrogen and oxygen atoms in total. The highest BCUT2D eigenvalue weighted by molar-refractivity contribution is 7.47. The smallest absolute Gasteiger partial charge is 0.457 e. The van der Waals surface area contributed by atoms with E-state index in [1.54, 1.807) is 0 Å². The lowest BCUT2D eigenvalue weighted by molar-refractivity contribution is -0.154. The number of aliphatic hydroxyl groups excluding tert-OH is 2. The molecule has 0 saturated heterocycles. The minimum Gasteiger partial charge on any atom is -0.457 e. The first-order valence-electron chi connectivity index (χ1n) is 25.1. The van der Waals surface area contributed by atoms with E-state index in [2.05, 4.69) is 98.9 Å². The average molecular weight is 905 g/mol. The van der Waals surface area contributed by atoms with Crippen molar-refractivity contribution in [2.24, 2.45) is 0 Å². The van der Waals surface area contributed by atoms with Crippen LogP contribution in [0.15, 0.2) is 85.1 Å². The largest absolute Gasteiger partial charge is 0.472 e. The van der Waals surface area contributed by atoms with Crippen LogP contribution in [0.1, 0.15) is 200 Å². The second-order valence-electron chi connectivity index (χ2n) is 16.5. The van der Waals surface area contributed by atoms with Gasteiger partial charge in [-0.05, 0) is 64.2 Å². The van der Waals surface area contributed by atoms with Crippen molar-refractivity contribution in [1.29, 1.82) is 0 Å². The first-order chi connectivity index (χ1) is 30.8. The summed E-state index contributed by atoms with van der Waals surface area (Å²) in [6, 6.07) is 0. The molecular weight excluding hydrogens is 812 g/mol. The molecule has 0 saturated carbocycles. The van der Waals surface area contributed by atoms with E-state index in [1.807, 2.05) is 0 Å². The Balaban J connectivity index is 4.22. The van der Waals surface area contributed by atoms with Crippen LogP contribution in [0.2, 0.25) is 0 Å². The summed E-state index contributed by atoms with van der Waals surface area (Å²) in [4.78, 5) is 22.7. The number of aliphatic hydroxyl groups is 2. The third-order valence-corrected chi connectivity index (χ3v) is 11.3. The number of unbranched alkanes of at least 4 members (excludes halogenated alkanes) is 19. The van der Waals surface area contributed by atoms with Crippen LogP contribution in [0, 0.1) is 0 Å². The lowest BCUT2D eigenvalue weighted by atomic mass is 10.0. The third-order valence-electron chi connectivity index (χ3n) is 10.3. The van der Waals surface area contributed by atoms with Crippen molar-refractivity contribution >= 4 is 13.8 Å². The number of hydrogen-bond acceptors (Lipinski definition) is 8. The Morgan fingerprint density at radius 3 is 1.30 bits per heavy atom. The van der Waals surface area contributed by atoms with E-state index in [4.69, 9.17) is 23.6 Å². The van der Waals surface area contributed by atoms with Gasteiger partial charge in [0.15, 0.2) is 0 Å². The van der Waals surface area contributed by atoms with Crippen molar-refractivity contribution < 1.29 is 43.0 Å². The molecule has 0 heterocycles. The molecule has 10 heteroatoms. The Bertz CT molecular complexity index is 1250. The van der Waals surface area contributed by atoms with E-state index < -0.39 is 45.8 Å². The van der Waals surface area contributed by atoms with Crippen molar-refractivity contribution in [1.82, 2.24) is 0 Å². The van der Waals surface area contributed by atoms with Crippen LogP contribution in [0.25, 0.3) is 0 Å². The zero-order chi connectivity index (χ0) is 46.0. The summed E-state index contributed by atoms with van der Waals surface area (Å²) in [5, 5.41) is 18.4. The van der Waals surface area contributed by atoms with Gasteiger partial charge in [-0.2, -0.15) is 0 Å². The maximum Gasteiger partial charge on any atom is 0.472 e. The normalized spacial score (nSPS) is 14.6. The maximum absolute atomic E-state index is 12.7. The molecule has 364 valence electrons. The van der Waals surface area contributed by atoms with Gasteiger partial charge in [0.25, 0.3) is 0 Å². The van der Waals surface area contributed by atoms with Crippen molar-refractivity contribution in [3.8, 4) is 0 Å². The molecule has 3 atom stereocenters. The molecule has 0 bridgehead atoms. The number of esters is 1. The Hall–Kier alpha value is -2.36. The van der Waals surface area contributed by atoms with Gasteiger partial charge in [-0.1, -0.05) is 214 Å². The summed E-state index contributed by atoms with van der Waals surface area (Å²) in [5.41, 5.74) is 0. The second kappa shape index (κ2) is 49.1. The van der Waals surface area contributed by atoms with Gasteiger partial charge in [0.05, 0.1) is 26.4 Å². The first-order valence-corrected chi connectivity index (χ1v) is 26.6. The van der Waals surface area contributed by atoms with Gasteiger partial charge in [0.2, 0.25) is 0 Å². The van der Waals surface area contributed by atoms with Crippen LogP contribution in [0.5, 0.6) is 0 Å². The number of carbonyl (C=O) groups is 1. The summed E-state index contributed by atoms with van der Waals surface area (Å²) in [6.45, 7) is 3.34. The average Bonchev–Trinajstić information content (AvgIpc) is 3.28. The maximum atomic E-state index is 12.7. The van der Waals surface area contributed by atoms with Crippen LogP contribution < -0.4 is 0 Å². The highest BCUT2D eigenvalue weighted by atomic mass is 31.2. The fourth-order valence-electron chi connectivity index (χ4n) is 6.58. The fourth-order valence-corrected chi connectivity index (χ4v) is 7.37. The molecule has 0 fully saturated rings. The van der Waals surface area contributed by atoms with E-state index in [0.29, 0.717) is 13.0 Å². The van der Waals surface area contributed by atoms with Crippen molar-refractivity contribution in [2.75, 3.05) is 33.0 Å². The minimum atomic E-state index is -4.54. The molecule has 0 aliphatic heterocycles. The van der Waals surface area contributed by atoms with Gasteiger partial charge in [0.1, 0.15) is 12.2 Å². The Morgan fingerprint density at radius 2 is 0.889 bits per heavy atom. The van der Waals surface area contributed by atoms with Crippen LogP contribution in [-0.4, -0.2) is 66.3 Å². The zero-order valence-corrected chi connectivity index (χ0v) is 40.9. The van der Waals surface area contributed by atoms with Gasteiger partial charge in [0, 0.05) is 13.0 Å². The predicted octanol–water partition coefficient (Wildman–Crippen LogP) is 14.6. The van der Waals surface area contributed by atoms with Crippen LogP contribution >= 0.6 is 7.82 Å². The Kier molecular flexibility index (Phi) is 47.2. The van der Waals surface area contributed by atoms with E-state index in [1.165, 1.54) is 103 Å². The molecule has 63 heavy (non-hydrogen) atoms. The number of ether oxygens (including phenoxy) is 2. The standard InChI is InChI=1S/C53H93O9P/c1-3-5-7-9-11-13-15-17-19-21-23-24-25-26-27-29-31-33-35-37-39-41-43-45-53(56)62-52(50-61-63(57,58)60-48-51(55)47-54)49-59-46-44-42-40-38-36-34-32-30-28-22-20-18-16-14-12-10-8-6-4-2/h5,7,11,13,17,19,23-24,26-27,31,33,37,39,51-52,54-55H,3-4,6,8-10,12,14-16,18,20-22,25,28-30,32,34-36,38,40-50H2,1-2H3,(H,57,58)/b7-5-,13-11-,19-17-,24-23-,27-26-,33-31-,39-37-. The van der Waals surface area contributed by atoms with Gasteiger partial charge >= 0.3 is 13.8 Å². The monoisotopic (exact) mass is 905 g/mol. The second-order valence-corrected chi connectivity index (χ2v) is 17.9. The molecule has 0 aromatic rings. The molecule has 0 rings (SSSR count).